The van der Waals surface area contributed by atoms with Crippen molar-refractivity contribution in [3.63, 3.8) is 0 Å². The topological polar surface area (TPSA) is 32.6 Å². The van der Waals surface area contributed by atoms with E-state index in [0.717, 1.165) is 23.4 Å². The van der Waals surface area contributed by atoms with Crippen LogP contribution in [0.25, 0.3) is 6.08 Å². The number of hydrogen-bond acceptors (Lipinski definition) is 2. The zero-order chi connectivity index (χ0) is 12.7. The van der Waals surface area contributed by atoms with Gasteiger partial charge in [-0.2, -0.15) is 0 Å². The summed E-state index contributed by atoms with van der Waals surface area (Å²) < 4.78 is 0. The number of benzene rings is 1. The summed E-state index contributed by atoms with van der Waals surface area (Å²) >= 11 is 5.80. The summed E-state index contributed by atoms with van der Waals surface area (Å²) in [4.78, 5) is 0. The molecule has 1 aromatic rings. The van der Waals surface area contributed by atoms with Crippen molar-refractivity contribution in [1.29, 1.82) is 0 Å². The Morgan fingerprint density at radius 1 is 1.35 bits per heavy atom. The molecule has 1 aromatic carbocycles. The zero-order valence-corrected chi connectivity index (χ0v) is 11.0. The molecule has 0 fully saturated rings. The first kappa shape index (κ1) is 13.8. The van der Waals surface area contributed by atoms with E-state index in [1.807, 2.05) is 36.4 Å². The van der Waals surface area contributed by atoms with Crippen LogP contribution in [0, 0.1) is 5.92 Å². The molecule has 0 aliphatic heterocycles. The van der Waals surface area contributed by atoms with Crippen LogP contribution < -0.4 is 0 Å². The van der Waals surface area contributed by atoms with Crippen LogP contribution in [0.2, 0.25) is 5.02 Å². The molecule has 0 heterocycles. The van der Waals surface area contributed by atoms with Gasteiger partial charge in [-0.25, -0.2) is 0 Å². The molecule has 0 aliphatic rings. The number of halogens is 1. The second-order valence-electron chi connectivity index (χ2n) is 4.41. The molecule has 1 N–H and O–H groups in total. The molecule has 92 valence electrons. The maximum Gasteiger partial charge on any atom is 0.0796 e. The highest BCUT2D eigenvalue weighted by Crippen LogP contribution is 2.11. The Hall–Kier alpha value is -1.28. The third-order valence-electron chi connectivity index (χ3n) is 2.44. The standard InChI is InChI=1S/C14H18ClNO/c1-11(2)3-9-14(16-17)10-6-12-4-7-13(15)8-5-12/h4-8,10-11,17H,3,9H2,1-2H3/b10-6+,16-14+. The van der Waals surface area contributed by atoms with Crippen molar-refractivity contribution in [2.75, 3.05) is 0 Å². The lowest BCUT2D eigenvalue weighted by atomic mass is 10.0. The van der Waals surface area contributed by atoms with E-state index < -0.39 is 0 Å². The smallest absolute Gasteiger partial charge is 0.0796 e. The van der Waals surface area contributed by atoms with Crippen LogP contribution in [0.5, 0.6) is 0 Å². The molecule has 0 aromatic heterocycles. The summed E-state index contributed by atoms with van der Waals surface area (Å²) in [6.07, 6.45) is 5.57. The molecule has 0 bridgehead atoms. The predicted octanol–water partition coefficient (Wildman–Crippen LogP) is 4.62. The van der Waals surface area contributed by atoms with E-state index in [0.29, 0.717) is 11.6 Å². The first-order valence-corrected chi connectivity index (χ1v) is 6.14. The van der Waals surface area contributed by atoms with Gasteiger partial charge in [-0.05, 0) is 42.5 Å². The molecule has 2 nitrogen and oxygen atoms in total. The fraction of sp³-hybridized carbons (Fsp3) is 0.357. The normalized spacial score (nSPS) is 12.6. The molecule has 0 aliphatic carbocycles. The van der Waals surface area contributed by atoms with E-state index in [-0.39, 0.29) is 0 Å². The summed E-state index contributed by atoms with van der Waals surface area (Å²) in [5.74, 6) is 0.607. The van der Waals surface area contributed by atoms with Crippen LogP contribution in [0.15, 0.2) is 35.5 Å². The summed E-state index contributed by atoms with van der Waals surface area (Å²) in [7, 11) is 0. The van der Waals surface area contributed by atoms with Crippen LogP contribution in [0.3, 0.4) is 0 Å². The fourth-order valence-corrected chi connectivity index (χ4v) is 1.50. The van der Waals surface area contributed by atoms with E-state index in [9.17, 15) is 0 Å². The molecule has 3 heteroatoms. The van der Waals surface area contributed by atoms with Crippen molar-refractivity contribution >= 4 is 23.4 Å². The van der Waals surface area contributed by atoms with Gasteiger partial charge < -0.3 is 5.21 Å². The molecule has 0 radical (unpaired) electrons. The lowest BCUT2D eigenvalue weighted by Gasteiger charge is -2.02. The minimum atomic E-state index is 0.607. The minimum Gasteiger partial charge on any atom is -0.411 e. The zero-order valence-electron chi connectivity index (χ0n) is 10.2. The van der Waals surface area contributed by atoms with Crippen molar-refractivity contribution < 1.29 is 5.21 Å². The first-order chi connectivity index (χ1) is 8.11. The molecule has 0 saturated heterocycles. The largest absolute Gasteiger partial charge is 0.411 e. The Morgan fingerprint density at radius 3 is 2.53 bits per heavy atom. The molecule has 17 heavy (non-hydrogen) atoms. The van der Waals surface area contributed by atoms with Crippen LogP contribution in [-0.2, 0) is 0 Å². The van der Waals surface area contributed by atoms with Gasteiger partial charge in [-0.3, -0.25) is 0 Å². The fourth-order valence-electron chi connectivity index (χ4n) is 1.37. The molecule has 0 unspecified atom stereocenters. The van der Waals surface area contributed by atoms with Crippen LogP contribution in [-0.4, -0.2) is 10.9 Å². The first-order valence-electron chi connectivity index (χ1n) is 5.76. The van der Waals surface area contributed by atoms with Gasteiger partial charge in [0.25, 0.3) is 0 Å². The van der Waals surface area contributed by atoms with E-state index in [1.165, 1.54) is 0 Å². The highest BCUT2D eigenvalue weighted by atomic mass is 35.5. The molecular weight excluding hydrogens is 234 g/mol. The molecular formula is C14H18ClNO. The molecule has 0 atom stereocenters. The van der Waals surface area contributed by atoms with Gasteiger partial charge in [0.05, 0.1) is 5.71 Å². The van der Waals surface area contributed by atoms with Crippen molar-refractivity contribution in [1.82, 2.24) is 0 Å². The molecule has 1 rings (SSSR count). The van der Waals surface area contributed by atoms with E-state index in [2.05, 4.69) is 19.0 Å². The summed E-state index contributed by atoms with van der Waals surface area (Å²) in [6.45, 7) is 4.30. The Labute approximate surface area is 108 Å². The van der Waals surface area contributed by atoms with Crippen molar-refractivity contribution in [3.8, 4) is 0 Å². The van der Waals surface area contributed by atoms with Gasteiger partial charge in [0.2, 0.25) is 0 Å². The van der Waals surface area contributed by atoms with Crippen molar-refractivity contribution in [2.45, 2.75) is 26.7 Å². The summed E-state index contributed by atoms with van der Waals surface area (Å²) in [5, 5.41) is 12.9. The van der Waals surface area contributed by atoms with Gasteiger partial charge in [0.15, 0.2) is 0 Å². The van der Waals surface area contributed by atoms with Crippen LogP contribution >= 0.6 is 11.6 Å². The monoisotopic (exact) mass is 251 g/mol. The number of allylic oxidation sites excluding steroid dienone is 1. The van der Waals surface area contributed by atoms with Gasteiger partial charge in [0, 0.05) is 5.02 Å². The van der Waals surface area contributed by atoms with Gasteiger partial charge in [0.1, 0.15) is 0 Å². The minimum absolute atomic E-state index is 0.607. The second-order valence-corrected chi connectivity index (χ2v) is 4.85. The predicted molar refractivity (Wildman–Crippen MR) is 73.8 cm³/mol. The highest BCUT2D eigenvalue weighted by molar-refractivity contribution is 6.30. The van der Waals surface area contributed by atoms with Crippen molar-refractivity contribution in [3.05, 3.63) is 40.9 Å². The molecule has 0 saturated carbocycles. The average molecular weight is 252 g/mol. The SMILES string of the molecule is CC(C)CCC(/C=C/c1ccc(Cl)cc1)=N\O. The lowest BCUT2D eigenvalue weighted by Crippen LogP contribution is -1.97. The lowest BCUT2D eigenvalue weighted by molar-refractivity contribution is 0.317. The van der Waals surface area contributed by atoms with E-state index >= 15 is 0 Å². The maximum atomic E-state index is 8.88. The van der Waals surface area contributed by atoms with Gasteiger partial charge >= 0.3 is 0 Å². The van der Waals surface area contributed by atoms with Crippen LogP contribution in [0.1, 0.15) is 32.3 Å². The van der Waals surface area contributed by atoms with E-state index in [4.69, 9.17) is 16.8 Å². The second kappa shape index (κ2) is 7.13. The van der Waals surface area contributed by atoms with Gasteiger partial charge in [-0.15, -0.1) is 0 Å². The quantitative estimate of drug-likeness (QED) is 0.462. The highest BCUT2D eigenvalue weighted by Gasteiger charge is 1.99. The third-order valence-corrected chi connectivity index (χ3v) is 2.70. The Balaban J connectivity index is 2.59. The number of hydrogen-bond donors (Lipinski definition) is 1. The van der Waals surface area contributed by atoms with Crippen LogP contribution in [0.4, 0.5) is 0 Å². The number of nitrogens with zero attached hydrogens (tertiary/aromatic N) is 1. The average Bonchev–Trinajstić information content (AvgIpc) is 2.31. The summed E-state index contributed by atoms with van der Waals surface area (Å²) in [5.41, 5.74) is 1.74. The number of rotatable bonds is 5. The van der Waals surface area contributed by atoms with E-state index in [1.54, 1.807) is 0 Å². The number of oxime groups is 1. The van der Waals surface area contributed by atoms with Gasteiger partial charge in [-0.1, -0.05) is 48.8 Å². The molecule has 0 amide bonds. The molecule has 0 spiro atoms. The maximum absolute atomic E-state index is 8.88. The Morgan fingerprint density at radius 2 is 2.00 bits per heavy atom. The Kier molecular flexibility index (Phi) is 5.78. The van der Waals surface area contributed by atoms with Crippen molar-refractivity contribution in [2.24, 2.45) is 11.1 Å². The Bertz CT molecular complexity index is 393. The summed E-state index contributed by atoms with van der Waals surface area (Å²) in [6, 6.07) is 7.53. The third kappa shape index (κ3) is 5.55.